The quantitative estimate of drug-likeness (QED) is 0.170. The van der Waals surface area contributed by atoms with Gasteiger partial charge in [-0.3, -0.25) is 9.59 Å². The van der Waals surface area contributed by atoms with E-state index in [1.165, 1.54) is 0 Å². The van der Waals surface area contributed by atoms with Gasteiger partial charge in [-0.15, -0.1) is 11.8 Å². The molecule has 0 atom stereocenters. The Morgan fingerprint density at radius 2 is 0.891 bits per heavy atom. The summed E-state index contributed by atoms with van der Waals surface area (Å²) in [4.78, 5) is 45.5. The normalized spacial score (nSPS) is 13.8. The van der Waals surface area contributed by atoms with Crippen LogP contribution < -0.4 is 19.3 Å². The van der Waals surface area contributed by atoms with Crippen molar-refractivity contribution < 1.29 is 123 Å². The summed E-state index contributed by atoms with van der Waals surface area (Å²) in [5, 5.41) is 14.2. The van der Waals surface area contributed by atoms with Gasteiger partial charge in [-0.1, -0.05) is 49.9 Å². The third-order valence-corrected chi connectivity index (χ3v) is 5.93. The Balaban J connectivity index is -0.000000708. The molecule has 2 aliphatic rings. The largest absolute Gasteiger partial charge is 2.00 e. The minimum atomic E-state index is -5.08. The van der Waals surface area contributed by atoms with E-state index >= 15 is 0 Å². The van der Waals surface area contributed by atoms with E-state index in [0.29, 0.717) is 23.3 Å². The number of ether oxygens (including phenoxy) is 2. The smallest absolute Gasteiger partial charge is 0.489 e. The number of hydrogen-bond donors (Lipinski definition) is 2. The van der Waals surface area contributed by atoms with Crippen molar-refractivity contribution in [1.82, 2.24) is 0 Å². The minimum absolute atomic E-state index is 0. The fraction of sp³-hybridized carbons (Fsp3) is 0.278. The molecule has 0 bridgehead atoms. The van der Waals surface area contributed by atoms with Crippen LogP contribution in [0.15, 0.2) is 48.5 Å². The van der Waals surface area contributed by atoms with Crippen LogP contribution in [0.2, 0.25) is 0 Å². The third kappa shape index (κ3) is 20.9. The van der Waals surface area contributed by atoms with E-state index in [4.69, 9.17) is 29.3 Å². The number of amides is 2. The van der Waals surface area contributed by atoms with Gasteiger partial charge in [0.15, 0.2) is 11.8 Å². The van der Waals surface area contributed by atoms with Gasteiger partial charge in [-0.25, -0.2) is 22.4 Å². The summed E-state index contributed by atoms with van der Waals surface area (Å²) in [6.45, 7) is 7.85. The molecule has 2 aromatic carbocycles. The second-order valence-electron chi connectivity index (χ2n) is 10.8. The van der Waals surface area contributed by atoms with Crippen molar-refractivity contribution in [2.45, 2.75) is 52.3 Å². The van der Waals surface area contributed by atoms with Crippen molar-refractivity contribution >= 4 is 35.1 Å². The Morgan fingerprint density at radius 1 is 0.618 bits per heavy atom. The zero-order valence-electron chi connectivity index (χ0n) is 29.7. The molecule has 10 radical (unpaired) electrons. The first-order valence-electron chi connectivity index (χ1n) is 15.0. The second-order valence-corrected chi connectivity index (χ2v) is 10.8. The monoisotopic (exact) mass is 1010 g/mol. The first-order chi connectivity index (χ1) is 24.1. The van der Waals surface area contributed by atoms with Gasteiger partial charge >= 0.3 is 41.4 Å². The number of para-hydroxylation sites is 4. The molecule has 0 unspecified atom stereocenters. The Bertz CT molecular complexity index is 1350. The van der Waals surface area contributed by atoms with Crippen LogP contribution >= 0.6 is 0 Å². The van der Waals surface area contributed by atoms with Crippen LogP contribution in [-0.2, 0) is 77.1 Å². The van der Waals surface area contributed by atoms with Crippen molar-refractivity contribution in [3.05, 3.63) is 112 Å². The molecule has 2 fully saturated rings. The van der Waals surface area contributed by atoms with Gasteiger partial charge in [0.2, 0.25) is 0 Å². The third-order valence-electron chi connectivity index (χ3n) is 5.93. The molecule has 2 saturated carbocycles. The summed E-state index contributed by atoms with van der Waals surface area (Å²) in [6, 6.07) is 15.1. The standard InChI is InChI=1S/2C16H17NO2.2C2HF3O2.Fe.2Pd/c2*1-12(2)19-15-11-7-6-10-14(15)17(3)16(18)13-8-4-5-9-13;2*3-2(4,5)1(6)7;;;/h2*4-8,10-12H,1-3H3;2*(H,6,7);;;/q2*-1;;;+2;;. The molecule has 0 aromatic heterocycles. The predicted molar refractivity (Wildman–Crippen MR) is 177 cm³/mol. The molecule has 2 N–H and O–H groups in total. The maximum atomic E-state index is 12.3. The molecule has 0 heterocycles. The van der Waals surface area contributed by atoms with E-state index in [1.807, 2.05) is 76.2 Å². The van der Waals surface area contributed by atoms with E-state index in [1.54, 1.807) is 62.4 Å². The van der Waals surface area contributed by atoms with Gasteiger partial charge in [0, 0.05) is 54.9 Å². The average molecular weight is 1010 g/mol. The number of benzene rings is 2. The molecule has 0 spiro atoms. The van der Waals surface area contributed by atoms with Crippen LogP contribution in [0.25, 0.3) is 0 Å². The maximum Gasteiger partial charge on any atom is 2.00 e. The average Bonchev–Trinajstić information content (AvgIpc) is 3.79. The molecule has 2 amide bonds. The molecule has 55 heavy (non-hydrogen) atoms. The van der Waals surface area contributed by atoms with Crippen molar-refractivity contribution in [2.75, 3.05) is 23.9 Å². The predicted octanol–water partition coefficient (Wildman–Crippen LogP) is 6.70. The SMILES string of the molecule is CC(C)Oc1ccccc1N(C)C(=O)[C]1[C-][CH][CH][CH]1.CC(C)Oc1ccccc1N(C)C(=O)[C]1[C-][CH][CH][CH]1.O=C(O)C(F)(F)F.O=C(O)C(F)(F)F.[Fe+2].[Pd].[Pd]. The number of carbonyl (C=O) groups is 4. The number of carboxylic acid groups (broad SMARTS) is 2. The molecule has 4 rings (SSSR count). The number of carboxylic acids is 2. The van der Waals surface area contributed by atoms with Gasteiger partial charge in [0.05, 0.1) is 23.6 Å². The molecular weight excluding hydrogens is 971 g/mol. The maximum absolute atomic E-state index is 12.3. The van der Waals surface area contributed by atoms with Gasteiger partial charge < -0.3 is 42.3 Å². The molecule has 308 valence electrons. The van der Waals surface area contributed by atoms with Crippen LogP contribution in [0, 0.1) is 63.2 Å². The van der Waals surface area contributed by atoms with Crippen molar-refractivity contribution in [3.8, 4) is 11.5 Å². The van der Waals surface area contributed by atoms with Crippen LogP contribution in [0.1, 0.15) is 27.7 Å². The van der Waals surface area contributed by atoms with E-state index < -0.39 is 24.3 Å². The Hall–Kier alpha value is -2.66. The van der Waals surface area contributed by atoms with E-state index in [-0.39, 0.29) is 81.9 Å². The van der Waals surface area contributed by atoms with E-state index in [0.717, 1.165) is 11.4 Å². The number of hydrogen-bond acceptors (Lipinski definition) is 6. The fourth-order valence-corrected chi connectivity index (χ4v) is 3.68. The minimum Gasteiger partial charge on any atom is -0.489 e. The summed E-state index contributed by atoms with van der Waals surface area (Å²) in [6.07, 6.45) is 6.38. The summed E-state index contributed by atoms with van der Waals surface area (Å²) in [7, 11) is 3.48. The molecule has 2 aromatic rings. The number of anilines is 2. The number of rotatable bonds is 8. The Labute approximate surface area is 355 Å². The molecule has 10 nitrogen and oxygen atoms in total. The first kappa shape index (κ1) is 56.7. The summed E-state index contributed by atoms with van der Waals surface area (Å²) < 4.78 is 74.9. The molecule has 2 aliphatic carbocycles. The van der Waals surface area contributed by atoms with Gasteiger partial charge in [0.25, 0.3) is 0 Å². The number of nitrogens with zero attached hydrogens (tertiary/aromatic N) is 2. The van der Waals surface area contributed by atoms with Crippen LogP contribution in [0.3, 0.4) is 0 Å². The van der Waals surface area contributed by atoms with Crippen molar-refractivity contribution in [1.29, 1.82) is 0 Å². The number of aliphatic carboxylic acids is 2. The molecule has 19 heteroatoms. The van der Waals surface area contributed by atoms with Gasteiger partial charge in [-0.05, 0) is 52.0 Å². The summed E-state index contributed by atoms with van der Waals surface area (Å²) >= 11 is 0. The van der Waals surface area contributed by atoms with Gasteiger partial charge in [-0.2, -0.15) is 26.3 Å². The number of halogens is 6. The second kappa shape index (κ2) is 27.1. The van der Waals surface area contributed by atoms with Crippen LogP contribution in [0.4, 0.5) is 37.7 Å². The topological polar surface area (TPSA) is 134 Å². The number of carbonyl (C=O) groups excluding carboxylic acids is 2. The van der Waals surface area contributed by atoms with E-state index in [9.17, 15) is 35.9 Å². The molecule has 0 saturated heterocycles. The Kier molecular flexibility index (Phi) is 27.9. The number of alkyl halides is 6. The molecule has 0 aliphatic heterocycles. The first-order valence-corrected chi connectivity index (χ1v) is 15.0. The summed E-state index contributed by atoms with van der Waals surface area (Å²) in [5.74, 6) is -3.17. The van der Waals surface area contributed by atoms with Gasteiger partial charge in [0.1, 0.15) is 11.5 Å². The zero-order valence-corrected chi connectivity index (χ0v) is 33.9. The fourth-order valence-electron chi connectivity index (χ4n) is 3.68. The zero-order chi connectivity index (χ0) is 39.8. The van der Waals surface area contributed by atoms with Crippen LogP contribution in [-0.4, -0.2) is 72.6 Å². The van der Waals surface area contributed by atoms with Crippen LogP contribution in [0.5, 0.6) is 11.5 Å². The molecular formula is C36H36F6FeN2O8Pd2. The summed E-state index contributed by atoms with van der Waals surface area (Å²) in [5.41, 5.74) is 1.52. The van der Waals surface area contributed by atoms with Crippen molar-refractivity contribution in [2.24, 2.45) is 0 Å². The van der Waals surface area contributed by atoms with Crippen molar-refractivity contribution in [3.63, 3.8) is 0 Å². The Morgan fingerprint density at radius 3 is 1.11 bits per heavy atom. The van der Waals surface area contributed by atoms with E-state index in [2.05, 4.69) is 12.8 Å².